The molecule has 5 aromatic rings. The summed E-state index contributed by atoms with van der Waals surface area (Å²) in [7, 11) is 21.2. The molecule has 0 bridgehead atoms. The Bertz CT molecular complexity index is 2130. The van der Waals surface area contributed by atoms with Crippen molar-refractivity contribution in [2.45, 2.75) is 183 Å². The van der Waals surface area contributed by atoms with Gasteiger partial charge in [-0.05, 0) is 136 Å². The summed E-state index contributed by atoms with van der Waals surface area (Å²) in [6.45, 7) is 40.1. The Morgan fingerprint density at radius 3 is 0.962 bits per heavy atom. The molecular formula is C61H92B2Cl7I2O3P2Ti-. The number of halogens is 9. The van der Waals surface area contributed by atoms with E-state index in [4.69, 9.17) is 78.0 Å². The first-order chi connectivity index (χ1) is 35.3. The second-order valence-electron chi connectivity index (χ2n) is 20.5. The first-order valence-corrected chi connectivity index (χ1v) is 39.5. The van der Waals surface area contributed by atoms with Crippen LogP contribution in [0.1, 0.15) is 216 Å². The van der Waals surface area contributed by atoms with Crippen molar-refractivity contribution in [2.75, 3.05) is 12.4 Å². The summed E-state index contributed by atoms with van der Waals surface area (Å²) in [5.74, 6) is 3.09. The van der Waals surface area contributed by atoms with Gasteiger partial charge in [0.1, 0.15) is 15.1 Å². The Morgan fingerprint density at radius 1 is 0.526 bits per heavy atom. The number of rotatable bonds is 12. The average Bonchev–Trinajstić information content (AvgIpc) is 3.35. The molecule has 17 heteroatoms. The van der Waals surface area contributed by atoms with Crippen LogP contribution < -0.4 is 12.4 Å². The normalized spacial score (nSPS) is 10.7. The van der Waals surface area contributed by atoms with Crippen molar-refractivity contribution in [3.63, 3.8) is 0 Å². The van der Waals surface area contributed by atoms with Crippen LogP contribution in [-0.2, 0) is 42.6 Å². The fourth-order valence-corrected chi connectivity index (χ4v) is 6.64. The van der Waals surface area contributed by atoms with Gasteiger partial charge in [-0.3, -0.25) is 4.79 Å². The van der Waals surface area contributed by atoms with Gasteiger partial charge in [0.25, 0.3) is 0 Å². The minimum absolute atomic E-state index is 0. The molecule has 0 saturated heterocycles. The van der Waals surface area contributed by atoms with Gasteiger partial charge in [0.2, 0.25) is 0 Å². The van der Waals surface area contributed by atoms with Gasteiger partial charge in [-0.1, -0.05) is 241 Å². The number of methoxy groups -OCH3 is 1. The van der Waals surface area contributed by atoms with E-state index in [1.165, 1.54) is 44.5 Å². The fourth-order valence-electron chi connectivity index (χ4n) is 6.52. The summed E-state index contributed by atoms with van der Waals surface area (Å²) in [4.78, 5) is 10.7. The van der Waals surface area contributed by atoms with Crippen LogP contribution in [0, 0.1) is 0 Å². The van der Waals surface area contributed by atoms with Crippen molar-refractivity contribution in [3.05, 3.63) is 177 Å². The molecule has 5 rings (SSSR count). The number of alkyl halides is 3. The van der Waals surface area contributed by atoms with Gasteiger partial charge in [0, 0.05) is 12.7 Å². The number of ether oxygens (including phenoxy) is 2. The Hall–Kier alpha value is 0.884. The topological polar surface area (TPSA) is 35.5 Å². The maximum absolute atomic E-state index is 10.9. The molecule has 0 spiro atoms. The first-order valence-electron chi connectivity index (χ1n) is 25.4. The van der Waals surface area contributed by atoms with Crippen molar-refractivity contribution in [2.24, 2.45) is 0 Å². The fraction of sp³-hybridized carbons (Fsp3) is 0.492. The molecule has 4 radical (unpaired) electrons. The van der Waals surface area contributed by atoms with Crippen molar-refractivity contribution in [1.82, 2.24) is 0 Å². The Kier molecular flexibility index (Phi) is 60.3. The molecule has 78 heavy (non-hydrogen) atoms. The zero-order chi connectivity index (χ0) is 59.8. The Balaban J connectivity index is -0.000000197. The van der Waals surface area contributed by atoms with E-state index in [0.29, 0.717) is 41.8 Å². The summed E-state index contributed by atoms with van der Waals surface area (Å²) in [5.41, 5.74) is 10.9. The van der Waals surface area contributed by atoms with Gasteiger partial charge in [-0.2, -0.15) is 0 Å². The summed E-state index contributed by atoms with van der Waals surface area (Å²) >= 11 is 19.4. The van der Waals surface area contributed by atoms with E-state index in [-0.39, 0.29) is 58.1 Å². The number of Topliss-reactive ketones (excluding diaryl/α,β-unsaturated/α-hetero) is 1. The van der Waals surface area contributed by atoms with Crippen molar-refractivity contribution in [3.8, 4) is 0 Å². The maximum atomic E-state index is 10.9. The van der Waals surface area contributed by atoms with Gasteiger partial charge in [0.15, 0.2) is 5.78 Å². The quantitative estimate of drug-likeness (QED) is 0.0411. The molecule has 3 nitrogen and oxygen atoms in total. The van der Waals surface area contributed by atoms with Crippen LogP contribution in [0.2, 0.25) is 0 Å². The monoisotopic (exact) mass is 1500 g/mol. The minimum atomic E-state index is -0.556. The second kappa shape index (κ2) is 52.2. The Labute approximate surface area is 553 Å². The summed E-state index contributed by atoms with van der Waals surface area (Å²) in [6.07, 6.45) is 1.36. The van der Waals surface area contributed by atoms with E-state index in [1.807, 2.05) is 44.2 Å². The average molecular weight is 1510 g/mol. The molecule has 0 saturated carbocycles. The molecule has 5 aromatic carbocycles. The van der Waals surface area contributed by atoms with E-state index >= 15 is 0 Å². The summed E-state index contributed by atoms with van der Waals surface area (Å²) in [5, 5.41) is 0.194. The molecule has 2 unspecified atom stereocenters. The number of carbonyl (C=O) groups is 1. The predicted octanol–water partition coefficient (Wildman–Crippen LogP) is 20.7. The van der Waals surface area contributed by atoms with Crippen LogP contribution in [0.15, 0.2) is 127 Å². The second-order valence-corrected chi connectivity index (χ2v) is 29.0. The van der Waals surface area contributed by atoms with Crippen molar-refractivity contribution < 1.29 is 43.7 Å². The van der Waals surface area contributed by atoms with Crippen LogP contribution in [0.4, 0.5) is 0 Å². The third kappa shape index (κ3) is 45.3. The van der Waals surface area contributed by atoms with Gasteiger partial charge in [0.05, 0.1) is 27.5 Å². The number of benzene rings is 5. The third-order valence-corrected chi connectivity index (χ3v) is 11.5. The number of hydrogen-bond acceptors (Lipinski definition) is 3. The standard InChI is InChI=1S/C15H24O.C13H20O.C12H17Cl.C11H14O.C9H12.CH2Cl2.2BHIP.4ClH.Ti/c1-11(2)13-7-9-14(10-8-13)15(5,6)16-12(3)4;1-10(2)11-6-8-12(9-7-11)13(3,4)14-5;1-9(2)10-5-7-11(8-6-10)12(3,4)13;1-8(2)10-4-6-11(7-5-10)9(3)12;1-8(2)9-6-4-3-5-7-9;2-1-3;2*1-3-2;;;;;/h7-12H,1-6H3;6-10H,1-5H3;5-9H,1-4H3;4-8H,1-3H3;3-8H,1-2H3;1H2;2*3H;4*1H;/q;;;;;;;;;;;;+2/p-3. The molecule has 438 valence electrons. The van der Waals surface area contributed by atoms with E-state index in [9.17, 15) is 4.79 Å². The van der Waals surface area contributed by atoms with Crippen LogP contribution in [0.3, 0.4) is 0 Å². The molecule has 0 aliphatic rings. The molecular weight excluding hydrogens is 1410 g/mol. The van der Waals surface area contributed by atoms with E-state index < -0.39 is 17.0 Å². The molecule has 0 aromatic heterocycles. The van der Waals surface area contributed by atoms with Crippen LogP contribution in [0.5, 0.6) is 0 Å². The predicted molar refractivity (Wildman–Crippen MR) is 373 cm³/mol. The third-order valence-electron chi connectivity index (χ3n) is 11.3. The van der Waals surface area contributed by atoms with Gasteiger partial charge in [-0.25, -0.2) is 0 Å². The molecule has 0 N–H and O–H groups in total. The van der Waals surface area contributed by atoms with E-state index in [1.54, 1.807) is 14.0 Å². The number of carbonyl (C=O) groups excluding carboxylic acids is 1. The molecule has 0 amide bonds. The van der Waals surface area contributed by atoms with Crippen molar-refractivity contribution >= 4 is 143 Å². The molecule has 0 fully saturated rings. The molecule has 0 aliphatic heterocycles. The van der Waals surface area contributed by atoms with E-state index in [2.05, 4.69) is 252 Å². The van der Waals surface area contributed by atoms with E-state index in [0.717, 1.165) is 5.56 Å². The zero-order valence-electron chi connectivity index (χ0n) is 50.1. The van der Waals surface area contributed by atoms with Crippen LogP contribution in [-0.4, -0.2) is 39.5 Å². The Morgan fingerprint density at radius 2 is 0.756 bits per heavy atom. The molecule has 0 heterocycles. The van der Waals surface area contributed by atoms with Gasteiger partial charge in [-0.15, -0.1) is 59.4 Å². The summed E-state index contributed by atoms with van der Waals surface area (Å²) in [6, 6.07) is 44.3. The van der Waals surface area contributed by atoms with Crippen LogP contribution >= 0.6 is 122 Å². The number of ketones is 1. The van der Waals surface area contributed by atoms with Gasteiger partial charge < -0.3 is 21.9 Å². The van der Waals surface area contributed by atoms with Crippen LogP contribution in [0.25, 0.3) is 0 Å². The first kappa shape index (κ1) is 90.1. The van der Waals surface area contributed by atoms with Gasteiger partial charge >= 0.3 is 35.6 Å². The zero-order valence-corrected chi connectivity index (χ0v) is 63.3. The molecule has 0 aliphatic carbocycles. The SMILES string of the molecule is CC(=O)c1ccc(C(C)C)cc1.CC(C)OC(C)(C)c1ccc(C(C)C)cc1.CC(C)c1ccc(C(C)(C)Cl)cc1.CC(C)c1ccccc1.COC(C)(C)c1ccc(C(C)C)cc1.Cl.ClCCl.[B]PI.[B]PI.[Cl-].[Cl][Ti][Cl]. The summed E-state index contributed by atoms with van der Waals surface area (Å²) < 4.78 is 11.3. The van der Waals surface area contributed by atoms with Crippen molar-refractivity contribution in [1.29, 1.82) is 0 Å². The number of hydrogen-bond donors (Lipinski definition) is 0. The molecule has 2 atom stereocenters.